The van der Waals surface area contributed by atoms with Crippen LogP contribution in [0.5, 0.6) is 0 Å². The van der Waals surface area contributed by atoms with Crippen LogP contribution in [0.2, 0.25) is 0 Å². The molecule has 0 saturated carbocycles. The first-order valence-electron chi connectivity index (χ1n) is 5.74. The van der Waals surface area contributed by atoms with Gasteiger partial charge in [-0.1, -0.05) is 19.6 Å². The molecule has 1 fully saturated rings. The standard InChI is InChI=1S/C12H19NO4/c1-4-5-17-12(16)13-7-10(11(14)15)8(2)6-9(13)3/h4,8-10H,1,5-7H2,2-3H3,(H,14,15). The summed E-state index contributed by atoms with van der Waals surface area (Å²) in [4.78, 5) is 24.3. The first-order valence-corrected chi connectivity index (χ1v) is 5.74. The van der Waals surface area contributed by atoms with Crippen molar-refractivity contribution in [3.8, 4) is 0 Å². The van der Waals surface area contributed by atoms with E-state index in [0.717, 1.165) is 0 Å². The summed E-state index contributed by atoms with van der Waals surface area (Å²) in [6.07, 6.45) is 1.71. The zero-order valence-electron chi connectivity index (χ0n) is 10.3. The van der Waals surface area contributed by atoms with Gasteiger partial charge in [-0.15, -0.1) is 0 Å². The van der Waals surface area contributed by atoms with Crippen molar-refractivity contribution < 1.29 is 19.4 Å². The normalized spacial score (nSPS) is 28.6. The molecule has 17 heavy (non-hydrogen) atoms. The molecule has 0 aromatic carbocycles. The number of rotatable bonds is 3. The van der Waals surface area contributed by atoms with Crippen LogP contribution in [0.3, 0.4) is 0 Å². The summed E-state index contributed by atoms with van der Waals surface area (Å²) in [6, 6.07) is 0.0120. The molecule has 0 radical (unpaired) electrons. The van der Waals surface area contributed by atoms with Crippen molar-refractivity contribution in [1.29, 1.82) is 0 Å². The second kappa shape index (κ2) is 5.70. The lowest BCUT2D eigenvalue weighted by atomic mass is 9.84. The average molecular weight is 241 g/mol. The van der Waals surface area contributed by atoms with E-state index in [1.165, 1.54) is 11.0 Å². The van der Waals surface area contributed by atoms with Crippen molar-refractivity contribution >= 4 is 12.1 Å². The van der Waals surface area contributed by atoms with Crippen LogP contribution >= 0.6 is 0 Å². The number of likely N-dealkylation sites (tertiary alicyclic amines) is 1. The monoisotopic (exact) mass is 241 g/mol. The zero-order valence-corrected chi connectivity index (χ0v) is 10.3. The van der Waals surface area contributed by atoms with Crippen LogP contribution in [0.15, 0.2) is 12.7 Å². The third kappa shape index (κ3) is 3.22. The van der Waals surface area contributed by atoms with Crippen LogP contribution in [0.25, 0.3) is 0 Å². The highest BCUT2D eigenvalue weighted by Crippen LogP contribution is 2.28. The third-order valence-corrected chi connectivity index (χ3v) is 3.20. The molecule has 1 aliphatic rings. The molecule has 1 amide bonds. The van der Waals surface area contributed by atoms with Crippen LogP contribution in [0, 0.1) is 11.8 Å². The van der Waals surface area contributed by atoms with Crippen LogP contribution in [0.1, 0.15) is 20.3 Å². The van der Waals surface area contributed by atoms with Gasteiger partial charge in [0.15, 0.2) is 0 Å². The summed E-state index contributed by atoms with van der Waals surface area (Å²) in [5, 5.41) is 9.08. The van der Waals surface area contributed by atoms with Gasteiger partial charge in [-0.25, -0.2) is 4.79 Å². The molecule has 5 nitrogen and oxygen atoms in total. The molecule has 3 atom stereocenters. The second-order valence-corrected chi connectivity index (χ2v) is 4.52. The minimum absolute atomic E-state index is 0.0120. The van der Waals surface area contributed by atoms with Gasteiger partial charge in [0.25, 0.3) is 0 Å². The summed E-state index contributed by atoms with van der Waals surface area (Å²) >= 11 is 0. The zero-order chi connectivity index (χ0) is 13.0. The highest BCUT2D eigenvalue weighted by atomic mass is 16.6. The predicted octanol–water partition coefficient (Wildman–Crippen LogP) is 1.74. The van der Waals surface area contributed by atoms with Gasteiger partial charge in [0, 0.05) is 12.6 Å². The molecule has 0 aromatic rings. The van der Waals surface area contributed by atoms with E-state index >= 15 is 0 Å². The number of hydrogen-bond acceptors (Lipinski definition) is 3. The number of ether oxygens (including phenoxy) is 1. The lowest BCUT2D eigenvalue weighted by molar-refractivity contribution is -0.145. The number of piperidine rings is 1. The molecule has 1 saturated heterocycles. The number of carboxylic acids is 1. The molecule has 1 N–H and O–H groups in total. The smallest absolute Gasteiger partial charge is 0.410 e. The quantitative estimate of drug-likeness (QED) is 0.764. The van der Waals surface area contributed by atoms with E-state index in [1.807, 2.05) is 13.8 Å². The van der Waals surface area contributed by atoms with E-state index in [1.54, 1.807) is 0 Å². The summed E-state index contributed by atoms with van der Waals surface area (Å²) in [7, 11) is 0. The van der Waals surface area contributed by atoms with Gasteiger partial charge >= 0.3 is 12.1 Å². The van der Waals surface area contributed by atoms with E-state index in [4.69, 9.17) is 9.84 Å². The Hall–Kier alpha value is -1.52. The van der Waals surface area contributed by atoms with Crippen molar-refractivity contribution in [2.24, 2.45) is 11.8 Å². The number of carbonyl (C=O) groups excluding carboxylic acids is 1. The Kier molecular flexibility index (Phi) is 4.54. The van der Waals surface area contributed by atoms with E-state index < -0.39 is 18.0 Å². The Labute approximate surface area is 101 Å². The van der Waals surface area contributed by atoms with Gasteiger partial charge in [-0.3, -0.25) is 4.79 Å². The fraction of sp³-hybridized carbons (Fsp3) is 0.667. The molecule has 1 heterocycles. The second-order valence-electron chi connectivity index (χ2n) is 4.52. The molecule has 96 valence electrons. The first kappa shape index (κ1) is 13.5. The minimum atomic E-state index is -0.856. The Balaban J connectivity index is 2.68. The molecule has 3 unspecified atom stereocenters. The SMILES string of the molecule is C=CCOC(=O)N1CC(C(=O)O)C(C)CC1C. The fourth-order valence-electron chi connectivity index (χ4n) is 2.19. The molecule has 0 bridgehead atoms. The predicted molar refractivity (Wildman–Crippen MR) is 62.6 cm³/mol. The van der Waals surface area contributed by atoms with Gasteiger partial charge < -0.3 is 14.7 Å². The highest BCUT2D eigenvalue weighted by Gasteiger charge is 2.37. The van der Waals surface area contributed by atoms with Crippen molar-refractivity contribution in [3.05, 3.63) is 12.7 Å². The van der Waals surface area contributed by atoms with Gasteiger partial charge in [-0.05, 0) is 19.3 Å². The molecular formula is C12H19NO4. The largest absolute Gasteiger partial charge is 0.481 e. The molecule has 1 rings (SSSR count). The average Bonchev–Trinajstić information content (AvgIpc) is 2.25. The van der Waals surface area contributed by atoms with Crippen LogP contribution in [-0.4, -0.2) is 41.3 Å². The van der Waals surface area contributed by atoms with Crippen LogP contribution in [-0.2, 0) is 9.53 Å². The van der Waals surface area contributed by atoms with Gasteiger partial charge in [0.1, 0.15) is 6.61 Å². The van der Waals surface area contributed by atoms with Crippen molar-refractivity contribution in [2.45, 2.75) is 26.3 Å². The summed E-state index contributed by atoms with van der Waals surface area (Å²) in [5.74, 6) is -1.29. The maximum atomic E-state index is 11.7. The third-order valence-electron chi connectivity index (χ3n) is 3.20. The molecule has 0 aliphatic carbocycles. The van der Waals surface area contributed by atoms with Crippen LogP contribution in [0.4, 0.5) is 4.79 Å². The van der Waals surface area contributed by atoms with Crippen molar-refractivity contribution in [1.82, 2.24) is 4.90 Å². The summed E-state index contributed by atoms with van der Waals surface area (Å²) in [5.41, 5.74) is 0. The van der Waals surface area contributed by atoms with Gasteiger partial charge in [0.05, 0.1) is 5.92 Å². The number of nitrogens with zero attached hydrogens (tertiary/aromatic N) is 1. The molecular weight excluding hydrogens is 222 g/mol. The number of carbonyl (C=O) groups is 2. The van der Waals surface area contributed by atoms with E-state index in [-0.39, 0.29) is 25.1 Å². The first-order chi connectivity index (χ1) is 7.97. The Morgan fingerprint density at radius 3 is 2.71 bits per heavy atom. The van der Waals surface area contributed by atoms with E-state index in [0.29, 0.717) is 6.42 Å². The number of hydrogen-bond donors (Lipinski definition) is 1. The molecule has 5 heteroatoms. The van der Waals surface area contributed by atoms with Gasteiger partial charge in [-0.2, -0.15) is 0 Å². The number of carboxylic acid groups (broad SMARTS) is 1. The van der Waals surface area contributed by atoms with Crippen molar-refractivity contribution in [3.63, 3.8) is 0 Å². The minimum Gasteiger partial charge on any atom is -0.481 e. The summed E-state index contributed by atoms with van der Waals surface area (Å²) < 4.78 is 4.94. The molecule has 1 aliphatic heterocycles. The molecule has 0 spiro atoms. The maximum Gasteiger partial charge on any atom is 0.410 e. The fourth-order valence-corrected chi connectivity index (χ4v) is 2.19. The summed E-state index contributed by atoms with van der Waals surface area (Å²) in [6.45, 7) is 7.64. The number of amides is 1. The lowest BCUT2D eigenvalue weighted by Gasteiger charge is -2.39. The van der Waals surface area contributed by atoms with E-state index in [2.05, 4.69) is 6.58 Å². The Morgan fingerprint density at radius 1 is 1.53 bits per heavy atom. The molecule has 0 aromatic heterocycles. The Morgan fingerprint density at radius 2 is 2.18 bits per heavy atom. The Bertz CT molecular complexity index is 316. The van der Waals surface area contributed by atoms with Crippen molar-refractivity contribution in [2.75, 3.05) is 13.2 Å². The van der Waals surface area contributed by atoms with Crippen LogP contribution < -0.4 is 0 Å². The lowest BCUT2D eigenvalue weighted by Crippen LogP contribution is -2.50. The van der Waals surface area contributed by atoms with Gasteiger partial charge in [0.2, 0.25) is 0 Å². The number of aliphatic carboxylic acids is 1. The maximum absolute atomic E-state index is 11.7. The topological polar surface area (TPSA) is 66.8 Å². The highest BCUT2D eigenvalue weighted by molar-refractivity contribution is 5.73. The van der Waals surface area contributed by atoms with E-state index in [9.17, 15) is 9.59 Å².